The summed E-state index contributed by atoms with van der Waals surface area (Å²) < 4.78 is 5.88. The maximum absolute atomic E-state index is 11.0. The summed E-state index contributed by atoms with van der Waals surface area (Å²) in [6.45, 7) is 4.52. The van der Waals surface area contributed by atoms with Crippen molar-refractivity contribution in [3.05, 3.63) is 102 Å². The molecule has 0 unspecified atom stereocenters. The maximum Gasteiger partial charge on any atom is 0.231 e. The predicted octanol–water partition coefficient (Wildman–Crippen LogP) is 7.31. The van der Waals surface area contributed by atoms with E-state index in [0.717, 1.165) is 22.6 Å². The molecule has 0 radical (unpaired) electrons. The van der Waals surface area contributed by atoms with E-state index in [1.165, 1.54) is 11.1 Å². The Labute approximate surface area is 186 Å². The first-order chi connectivity index (χ1) is 15.5. The first-order valence-electron chi connectivity index (χ1n) is 10.7. The molecule has 1 aliphatic heterocycles. The third kappa shape index (κ3) is 2.66. The van der Waals surface area contributed by atoms with Gasteiger partial charge in [0.25, 0.3) is 0 Å². The van der Waals surface area contributed by atoms with Crippen molar-refractivity contribution in [3.63, 3.8) is 0 Å². The average molecular weight is 418 g/mol. The standard InChI is InChI=1S/C28H22N2O2/c1-28(2)20-9-3-6-12-23(20)30(24-13-7-4-10-21(24)28)18-15-16-19(25(31)17-18)27-29-22-11-5-8-14-26(22)32-27/h3-17,31H,1-2H3. The van der Waals surface area contributed by atoms with E-state index < -0.39 is 0 Å². The van der Waals surface area contributed by atoms with Gasteiger partial charge in [0.1, 0.15) is 11.3 Å². The number of rotatable bonds is 2. The molecule has 0 saturated carbocycles. The van der Waals surface area contributed by atoms with Crippen LogP contribution < -0.4 is 4.90 Å². The van der Waals surface area contributed by atoms with Gasteiger partial charge in [0.15, 0.2) is 5.58 Å². The average Bonchev–Trinajstić information content (AvgIpc) is 3.23. The van der Waals surface area contributed by atoms with Crippen LogP contribution in [0.25, 0.3) is 22.6 Å². The molecule has 156 valence electrons. The van der Waals surface area contributed by atoms with Gasteiger partial charge in [0.2, 0.25) is 5.89 Å². The third-order valence-corrected chi connectivity index (χ3v) is 6.40. The van der Waals surface area contributed by atoms with Gasteiger partial charge in [-0.25, -0.2) is 4.98 Å². The number of para-hydroxylation sites is 4. The van der Waals surface area contributed by atoms with Crippen LogP contribution in [0.3, 0.4) is 0 Å². The monoisotopic (exact) mass is 418 g/mol. The van der Waals surface area contributed by atoms with Crippen LogP contribution in [0.15, 0.2) is 95.4 Å². The SMILES string of the molecule is CC1(C)c2ccccc2N(c2ccc(-c3nc4ccccc4o3)c(O)c2)c2ccccc21. The minimum Gasteiger partial charge on any atom is -0.507 e. The van der Waals surface area contributed by atoms with E-state index in [-0.39, 0.29) is 11.2 Å². The number of anilines is 3. The molecule has 1 N–H and O–H groups in total. The molecule has 2 heterocycles. The van der Waals surface area contributed by atoms with Gasteiger partial charge in [-0.3, -0.25) is 0 Å². The Morgan fingerprint density at radius 1 is 0.781 bits per heavy atom. The number of phenols is 1. The number of phenolic OH excluding ortho intramolecular Hbond substituents is 1. The Hall–Kier alpha value is -4.05. The van der Waals surface area contributed by atoms with E-state index >= 15 is 0 Å². The van der Waals surface area contributed by atoms with Gasteiger partial charge < -0.3 is 14.4 Å². The lowest BCUT2D eigenvalue weighted by Crippen LogP contribution is -2.30. The normalized spacial score (nSPS) is 14.2. The zero-order chi connectivity index (χ0) is 21.9. The second-order valence-corrected chi connectivity index (χ2v) is 8.68. The van der Waals surface area contributed by atoms with Crippen LogP contribution >= 0.6 is 0 Å². The molecular weight excluding hydrogens is 396 g/mol. The molecule has 1 aliphatic rings. The molecule has 1 aromatic heterocycles. The number of fused-ring (bicyclic) bond motifs is 3. The van der Waals surface area contributed by atoms with Gasteiger partial charge in [-0.15, -0.1) is 0 Å². The zero-order valence-corrected chi connectivity index (χ0v) is 17.9. The summed E-state index contributed by atoms with van der Waals surface area (Å²) in [4.78, 5) is 6.75. The summed E-state index contributed by atoms with van der Waals surface area (Å²) in [5, 5.41) is 11.0. The lowest BCUT2D eigenvalue weighted by molar-refractivity contribution is 0.474. The van der Waals surface area contributed by atoms with Crippen molar-refractivity contribution >= 4 is 28.2 Å². The molecule has 0 atom stereocenters. The second-order valence-electron chi connectivity index (χ2n) is 8.68. The number of nitrogens with zero attached hydrogens (tertiary/aromatic N) is 2. The van der Waals surface area contributed by atoms with E-state index in [1.54, 1.807) is 6.07 Å². The fourth-order valence-corrected chi connectivity index (χ4v) is 4.77. The Balaban J connectivity index is 1.51. The number of oxazole rings is 1. The van der Waals surface area contributed by atoms with Crippen LogP contribution in [0, 0.1) is 0 Å². The molecule has 4 heteroatoms. The number of aromatic hydroxyl groups is 1. The van der Waals surface area contributed by atoms with Crippen LogP contribution in [0.2, 0.25) is 0 Å². The Kier molecular flexibility index (Phi) is 3.93. The Bertz CT molecular complexity index is 1400. The first-order valence-corrected chi connectivity index (χ1v) is 10.7. The summed E-state index contributed by atoms with van der Waals surface area (Å²) in [6.07, 6.45) is 0. The number of aromatic nitrogens is 1. The lowest BCUT2D eigenvalue weighted by Gasteiger charge is -2.42. The molecule has 4 aromatic carbocycles. The van der Waals surface area contributed by atoms with Crippen LogP contribution in [0.1, 0.15) is 25.0 Å². The molecular formula is C28H22N2O2. The Morgan fingerprint density at radius 3 is 2.06 bits per heavy atom. The van der Waals surface area contributed by atoms with E-state index in [4.69, 9.17) is 4.42 Å². The zero-order valence-electron chi connectivity index (χ0n) is 17.9. The molecule has 5 aromatic rings. The van der Waals surface area contributed by atoms with Crippen molar-refractivity contribution < 1.29 is 9.52 Å². The largest absolute Gasteiger partial charge is 0.507 e. The van der Waals surface area contributed by atoms with E-state index in [2.05, 4.69) is 72.3 Å². The van der Waals surface area contributed by atoms with Gasteiger partial charge in [-0.2, -0.15) is 0 Å². The third-order valence-electron chi connectivity index (χ3n) is 6.40. The molecule has 32 heavy (non-hydrogen) atoms. The quantitative estimate of drug-likeness (QED) is 0.326. The highest BCUT2D eigenvalue weighted by Gasteiger charge is 2.36. The predicted molar refractivity (Wildman–Crippen MR) is 128 cm³/mol. The van der Waals surface area contributed by atoms with Crippen LogP contribution in [0.4, 0.5) is 17.1 Å². The highest BCUT2D eigenvalue weighted by molar-refractivity contribution is 5.87. The van der Waals surface area contributed by atoms with Crippen molar-refractivity contribution in [2.24, 2.45) is 0 Å². The van der Waals surface area contributed by atoms with Crippen LogP contribution in [-0.2, 0) is 5.41 Å². The fraction of sp³-hybridized carbons (Fsp3) is 0.107. The van der Waals surface area contributed by atoms with E-state index in [0.29, 0.717) is 17.0 Å². The van der Waals surface area contributed by atoms with Gasteiger partial charge in [0, 0.05) is 17.2 Å². The van der Waals surface area contributed by atoms with Crippen LogP contribution in [-0.4, -0.2) is 10.1 Å². The number of hydrogen-bond donors (Lipinski definition) is 1. The second kappa shape index (κ2) is 6.72. The number of benzene rings is 4. The molecule has 6 rings (SSSR count). The molecule has 0 fully saturated rings. The molecule has 4 nitrogen and oxygen atoms in total. The van der Waals surface area contributed by atoms with Crippen molar-refractivity contribution in [1.29, 1.82) is 0 Å². The highest BCUT2D eigenvalue weighted by Crippen LogP contribution is 2.52. The summed E-state index contributed by atoms with van der Waals surface area (Å²) in [6, 6.07) is 30.2. The molecule has 0 bridgehead atoms. The van der Waals surface area contributed by atoms with Gasteiger partial charge in [0.05, 0.1) is 16.9 Å². The van der Waals surface area contributed by atoms with E-state index in [9.17, 15) is 5.11 Å². The molecule has 0 aliphatic carbocycles. The van der Waals surface area contributed by atoms with Crippen LogP contribution in [0.5, 0.6) is 5.75 Å². The molecule has 0 spiro atoms. The maximum atomic E-state index is 11.0. The van der Waals surface area contributed by atoms with Crippen molar-refractivity contribution in [1.82, 2.24) is 4.98 Å². The van der Waals surface area contributed by atoms with E-state index in [1.807, 2.05) is 36.4 Å². The highest BCUT2D eigenvalue weighted by atomic mass is 16.3. The fourth-order valence-electron chi connectivity index (χ4n) is 4.77. The Morgan fingerprint density at radius 2 is 1.41 bits per heavy atom. The lowest BCUT2D eigenvalue weighted by atomic mass is 9.73. The summed E-state index contributed by atoms with van der Waals surface area (Å²) in [5.74, 6) is 0.546. The van der Waals surface area contributed by atoms with Gasteiger partial charge >= 0.3 is 0 Å². The van der Waals surface area contributed by atoms with Gasteiger partial charge in [-0.1, -0.05) is 62.4 Å². The number of hydrogen-bond acceptors (Lipinski definition) is 4. The van der Waals surface area contributed by atoms with Crippen molar-refractivity contribution in [2.45, 2.75) is 19.3 Å². The summed E-state index contributed by atoms with van der Waals surface area (Å²) >= 11 is 0. The van der Waals surface area contributed by atoms with Crippen molar-refractivity contribution in [2.75, 3.05) is 4.90 Å². The summed E-state index contributed by atoms with van der Waals surface area (Å²) in [5.41, 5.74) is 7.54. The molecule has 0 saturated heterocycles. The summed E-state index contributed by atoms with van der Waals surface area (Å²) in [7, 11) is 0. The first kappa shape index (κ1) is 18.7. The van der Waals surface area contributed by atoms with Crippen molar-refractivity contribution in [3.8, 4) is 17.2 Å². The topological polar surface area (TPSA) is 49.5 Å². The van der Waals surface area contributed by atoms with Gasteiger partial charge in [-0.05, 0) is 47.5 Å². The smallest absolute Gasteiger partial charge is 0.231 e. The molecule has 0 amide bonds. The minimum absolute atomic E-state index is 0.121. The minimum atomic E-state index is -0.121.